The van der Waals surface area contributed by atoms with Crippen LogP contribution in [0.1, 0.15) is 37.7 Å². The molecule has 0 saturated heterocycles. The van der Waals surface area contributed by atoms with Gasteiger partial charge in [0.25, 0.3) is 0 Å². The SMILES string of the molecule is Cc1cc(OC(C)C(C)C)c(CN)c(C)n1. The molecule has 16 heavy (non-hydrogen) atoms. The summed E-state index contributed by atoms with van der Waals surface area (Å²) in [6, 6.07) is 1.97. The fraction of sp³-hybridized carbons (Fsp3) is 0.615. The zero-order valence-corrected chi connectivity index (χ0v) is 10.9. The van der Waals surface area contributed by atoms with Gasteiger partial charge < -0.3 is 10.5 Å². The summed E-state index contributed by atoms with van der Waals surface area (Å²) in [5, 5.41) is 0. The first-order valence-corrected chi connectivity index (χ1v) is 5.79. The molecule has 0 bridgehead atoms. The van der Waals surface area contributed by atoms with Crippen LogP contribution >= 0.6 is 0 Å². The predicted molar refractivity (Wildman–Crippen MR) is 66.5 cm³/mol. The van der Waals surface area contributed by atoms with E-state index in [2.05, 4.69) is 25.8 Å². The van der Waals surface area contributed by atoms with Crippen LogP contribution in [-0.2, 0) is 6.54 Å². The molecule has 0 saturated carbocycles. The lowest BCUT2D eigenvalue weighted by atomic mass is 10.1. The quantitative estimate of drug-likeness (QED) is 0.851. The van der Waals surface area contributed by atoms with E-state index >= 15 is 0 Å². The molecule has 0 aliphatic rings. The lowest BCUT2D eigenvalue weighted by molar-refractivity contribution is 0.168. The number of nitrogens with zero attached hydrogens (tertiary/aromatic N) is 1. The van der Waals surface area contributed by atoms with Gasteiger partial charge in [0, 0.05) is 29.6 Å². The van der Waals surface area contributed by atoms with Crippen molar-refractivity contribution in [2.45, 2.75) is 47.3 Å². The number of aryl methyl sites for hydroxylation is 2. The number of aromatic nitrogens is 1. The van der Waals surface area contributed by atoms with Gasteiger partial charge in [0.1, 0.15) is 5.75 Å². The zero-order chi connectivity index (χ0) is 12.3. The Morgan fingerprint density at radius 2 is 1.94 bits per heavy atom. The molecule has 3 heteroatoms. The van der Waals surface area contributed by atoms with Crippen molar-refractivity contribution in [2.24, 2.45) is 11.7 Å². The van der Waals surface area contributed by atoms with E-state index in [9.17, 15) is 0 Å². The molecule has 0 aliphatic heterocycles. The van der Waals surface area contributed by atoms with E-state index in [4.69, 9.17) is 10.5 Å². The number of hydrogen-bond donors (Lipinski definition) is 1. The van der Waals surface area contributed by atoms with E-state index in [0.717, 1.165) is 22.7 Å². The summed E-state index contributed by atoms with van der Waals surface area (Å²) in [6.07, 6.45) is 0.187. The molecule has 0 amide bonds. The van der Waals surface area contributed by atoms with Crippen LogP contribution in [0.25, 0.3) is 0 Å². The van der Waals surface area contributed by atoms with Gasteiger partial charge in [-0.05, 0) is 26.7 Å². The average Bonchev–Trinajstić information content (AvgIpc) is 2.16. The monoisotopic (exact) mass is 222 g/mol. The van der Waals surface area contributed by atoms with Gasteiger partial charge in [0.05, 0.1) is 6.10 Å². The molecule has 0 spiro atoms. The number of nitrogens with two attached hydrogens (primary N) is 1. The first-order chi connectivity index (χ1) is 7.45. The maximum Gasteiger partial charge on any atom is 0.127 e. The third-order valence-electron chi connectivity index (χ3n) is 2.87. The molecule has 90 valence electrons. The molecule has 3 nitrogen and oxygen atoms in total. The molecule has 0 aromatic carbocycles. The van der Waals surface area contributed by atoms with Gasteiger partial charge >= 0.3 is 0 Å². The van der Waals surface area contributed by atoms with Crippen LogP contribution in [0.2, 0.25) is 0 Å². The highest BCUT2D eigenvalue weighted by molar-refractivity contribution is 5.37. The summed E-state index contributed by atoms with van der Waals surface area (Å²) in [4.78, 5) is 4.40. The van der Waals surface area contributed by atoms with E-state index in [0.29, 0.717) is 12.5 Å². The van der Waals surface area contributed by atoms with Crippen LogP contribution in [-0.4, -0.2) is 11.1 Å². The summed E-state index contributed by atoms with van der Waals surface area (Å²) in [5.74, 6) is 1.37. The molecule has 2 N–H and O–H groups in total. The largest absolute Gasteiger partial charge is 0.490 e. The molecule has 1 rings (SSSR count). The normalized spacial score (nSPS) is 12.9. The second kappa shape index (κ2) is 5.30. The Morgan fingerprint density at radius 1 is 1.31 bits per heavy atom. The van der Waals surface area contributed by atoms with Crippen LogP contribution in [0.5, 0.6) is 5.75 Å². The highest BCUT2D eigenvalue weighted by Gasteiger charge is 2.13. The van der Waals surface area contributed by atoms with E-state index < -0.39 is 0 Å². The number of pyridine rings is 1. The van der Waals surface area contributed by atoms with Gasteiger partial charge in [-0.2, -0.15) is 0 Å². The predicted octanol–water partition coefficient (Wildman–Crippen LogP) is 2.58. The van der Waals surface area contributed by atoms with Crippen molar-refractivity contribution in [3.8, 4) is 5.75 Å². The summed E-state index contributed by atoms with van der Waals surface area (Å²) < 4.78 is 5.94. The minimum atomic E-state index is 0.187. The molecule has 0 aliphatic carbocycles. The average molecular weight is 222 g/mol. The number of rotatable bonds is 4. The van der Waals surface area contributed by atoms with Crippen molar-refractivity contribution in [1.82, 2.24) is 4.98 Å². The molecule has 1 aromatic heterocycles. The second-order valence-electron chi connectivity index (χ2n) is 4.60. The van der Waals surface area contributed by atoms with E-state index in [1.165, 1.54) is 0 Å². The maximum absolute atomic E-state index is 5.94. The van der Waals surface area contributed by atoms with E-state index in [-0.39, 0.29) is 6.10 Å². The Kier molecular flexibility index (Phi) is 4.30. The fourth-order valence-electron chi connectivity index (χ4n) is 1.51. The third-order valence-corrected chi connectivity index (χ3v) is 2.87. The van der Waals surface area contributed by atoms with Crippen LogP contribution in [0.15, 0.2) is 6.07 Å². The lowest BCUT2D eigenvalue weighted by Crippen LogP contribution is -2.20. The Labute approximate surface area is 98.0 Å². The first kappa shape index (κ1) is 13.0. The van der Waals surface area contributed by atoms with Crippen molar-refractivity contribution in [1.29, 1.82) is 0 Å². The topological polar surface area (TPSA) is 48.1 Å². The highest BCUT2D eigenvalue weighted by atomic mass is 16.5. The third kappa shape index (κ3) is 2.95. The highest BCUT2D eigenvalue weighted by Crippen LogP contribution is 2.24. The number of ether oxygens (including phenoxy) is 1. The van der Waals surface area contributed by atoms with E-state index in [1.807, 2.05) is 19.9 Å². The molecule has 1 heterocycles. The first-order valence-electron chi connectivity index (χ1n) is 5.79. The Balaban J connectivity index is 3.02. The number of hydrogen-bond acceptors (Lipinski definition) is 3. The van der Waals surface area contributed by atoms with Gasteiger partial charge in [0.2, 0.25) is 0 Å². The maximum atomic E-state index is 5.94. The van der Waals surface area contributed by atoms with Crippen LogP contribution < -0.4 is 10.5 Å². The summed E-state index contributed by atoms with van der Waals surface area (Å²) >= 11 is 0. The molecule has 0 radical (unpaired) electrons. The minimum absolute atomic E-state index is 0.187. The molecule has 0 fully saturated rings. The van der Waals surface area contributed by atoms with Gasteiger partial charge in [0.15, 0.2) is 0 Å². The van der Waals surface area contributed by atoms with E-state index in [1.54, 1.807) is 0 Å². The summed E-state index contributed by atoms with van der Waals surface area (Å²) in [5.41, 5.74) is 8.68. The lowest BCUT2D eigenvalue weighted by Gasteiger charge is -2.21. The van der Waals surface area contributed by atoms with Gasteiger partial charge in [-0.15, -0.1) is 0 Å². The smallest absolute Gasteiger partial charge is 0.127 e. The molecule has 1 unspecified atom stereocenters. The Hall–Kier alpha value is -1.09. The minimum Gasteiger partial charge on any atom is -0.490 e. The van der Waals surface area contributed by atoms with Gasteiger partial charge in [-0.3, -0.25) is 4.98 Å². The van der Waals surface area contributed by atoms with Crippen molar-refractivity contribution < 1.29 is 4.74 Å². The zero-order valence-electron chi connectivity index (χ0n) is 10.9. The fourth-order valence-corrected chi connectivity index (χ4v) is 1.51. The standard InChI is InChI=1S/C13H22N2O/c1-8(2)11(5)16-13-6-9(3)15-10(4)12(13)7-14/h6,8,11H,7,14H2,1-5H3. The van der Waals surface area contributed by atoms with Crippen molar-refractivity contribution >= 4 is 0 Å². The van der Waals surface area contributed by atoms with Crippen LogP contribution in [0.4, 0.5) is 0 Å². The summed E-state index contributed by atoms with van der Waals surface area (Å²) in [6.45, 7) is 10.8. The molecular weight excluding hydrogens is 200 g/mol. The van der Waals surface area contributed by atoms with Crippen LogP contribution in [0.3, 0.4) is 0 Å². The molecule has 1 atom stereocenters. The van der Waals surface area contributed by atoms with Crippen LogP contribution in [0, 0.1) is 19.8 Å². The van der Waals surface area contributed by atoms with Gasteiger partial charge in [-0.1, -0.05) is 13.8 Å². The molecular formula is C13H22N2O. The Bertz CT molecular complexity index is 361. The van der Waals surface area contributed by atoms with Gasteiger partial charge in [-0.25, -0.2) is 0 Å². The van der Waals surface area contributed by atoms with Crippen molar-refractivity contribution in [3.05, 3.63) is 23.0 Å². The summed E-state index contributed by atoms with van der Waals surface area (Å²) in [7, 11) is 0. The van der Waals surface area contributed by atoms with Crippen molar-refractivity contribution in [3.63, 3.8) is 0 Å². The Morgan fingerprint density at radius 3 is 2.44 bits per heavy atom. The van der Waals surface area contributed by atoms with Crippen molar-refractivity contribution in [2.75, 3.05) is 0 Å². The molecule has 1 aromatic rings. The second-order valence-corrected chi connectivity index (χ2v) is 4.60.